The second-order valence-corrected chi connectivity index (χ2v) is 7.59. The average Bonchev–Trinajstić information content (AvgIpc) is 3.01. The van der Waals surface area contributed by atoms with Gasteiger partial charge in [-0.15, -0.1) is 0 Å². The highest BCUT2D eigenvalue weighted by atomic mass is 16.2. The Kier molecular flexibility index (Phi) is 6.84. The van der Waals surface area contributed by atoms with Gasteiger partial charge in [0.25, 0.3) is 0 Å². The van der Waals surface area contributed by atoms with Gasteiger partial charge >= 0.3 is 6.03 Å². The van der Waals surface area contributed by atoms with E-state index in [2.05, 4.69) is 29.6 Å². The van der Waals surface area contributed by atoms with E-state index in [9.17, 15) is 9.59 Å². The van der Waals surface area contributed by atoms with E-state index in [-0.39, 0.29) is 23.9 Å². The number of piperidine rings is 1. The zero-order valence-electron chi connectivity index (χ0n) is 15.8. The van der Waals surface area contributed by atoms with Crippen molar-refractivity contribution in [1.29, 1.82) is 0 Å². The molecule has 0 aliphatic carbocycles. The molecule has 0 aromatic carbocycles. The molecule has 0 radical (unpaired) electrons. The van der Waals surface area contributed by atoms with Crippen molar-refractivity contribution in [1.82, 2.24) is 20.0 Å². The van der Waals surface area contributed by atoms with Crippen LogP contribution in [0, 0.1) is 11.8 Å². The van der Waals surface area contributed by atoms with Crippen molar-refractivity contribution in [3.05, 3.63) is 12.4 Å². The Bertz CT molecular complexity index is 582. The summed E-state index contributed by atoms with van der Waals surface area (Å²) >= 11 is 0. The first-order valence-corrected chi connectivity index (χ1v) is 9.22. The molecule has 2 rings (SSSR count). The molecule has 25 heavy (non-hydrogen) atoms. The van der Waals surface area contributed by atoms with E-state index in [0.717, 1.165) is 25.1 Å². The zero-order valence-corrected chi connectivity index (χ0v) is 15.8. The van der Waals surface area contributed by atoms with Crippen molar-refractivity contribution in [2.24, 2.45) is 11.8 Å². The molecule has 2 heterocycles. The summed E-state index contributed by atoms with van der Waals surface area (Å²) in [5, 5.41) is 10.1. The molecule has 2 N–H and O–H groups in total. The molecular weight excluding hydrogens is 318 g/mol. The summed E-state index contributed by atoms with van der Waals surface area (Å²) in [6.45, 7) is 10.3. The van der Waals surface area contributed by atoms with Crippen molar-refractivity contribution in [2.75, 3.05) is 25.0 Å². The highest BCUT2D eigenvalue weighted by Crippen LogP contribution is 2.20. The van der Waals surface area contributed by atoms with Gasteiger partial charge in [-0.05, 0) is 38.5 Å². The maximum Gasteiger partial charge on any atom is 0.317 e. The molecule has 7 heteroatoms. The maximum absolute atomic E-state index is 12.3. The molecule has 3 amide bonds. The molecule has 0 unspecified atom stereocenters. The normalized spacial score (nSPS) is 17.8. The number of amides is 3. The Labute approximate surface area is 150 Å². The van der Waals surface area contributed by atoms with Crippen molar-refractivity contribution >= 4 is 17.6 Å². The van der Waals surface area contributed by atoms with Crippen LogP contribution in [-0.2, 0) is 4.79 Å². The number of likely N-dealkylation sites (tertiary alicyclic amines) is 1. The van der Waals surface area contributed by atoms with E-state index < -0.39 is 0 Å². The first kappa shape index (κ1) is 19.3. The summed E-state index contributed by atoms with van der Waals surface area (Å²) in [6, 6.07) is 0.249. The number of carbonyl (C=O) groups excluding carboxylic acids is 2. The monoisotopic (exact) mass is 349 g/mol. The lowest BCUT2D eigenvalue weighted by atomic mass is 9.94. The van der Waals surface area contributed by atoms with E-state index >= 15 is 0 Å². The van der Waals surface area contributed by atoms with Gasteiger partial charge in [0.1, 0.15) is 0 Å². The van der Waals surface area contributed by atoms with Gasteiger partial charge in [-0.3, -0.25) is 9.48 Å². The van der Waals surface area contributed by atoms with Crippen LogP contribution in [-0.4, -0.2) is 46.3 Å². The highest BCUT2D eigenvalue weighted by molar-refractivity contribution is 5.90. The number of hydrogen-bond donors (Lipinski definition) is 2. The molecule has 1 aromatic heterocycles. The summed E-state index contributed by atoms with van der Waals surface area (Å²) in [4.78, 5) is 26.3. The van der Waals surface area contributed by atoms with E-state index in [1.54, 1.807) is 6.20 Å². The van der Waals surface area contributed by atoms with Gasteiger partial charge in [-0.25, -0.2) is 4.79 Å². The van der Waals surface area contributed by atoms with E-state index in [1.807, 2.05) is 29.6 Å². The van der Waals surface area contributed by atoms with Gasteiger partial charge in [0.2, 0.25) is 5.91 Å². The van der Waals surface area contributed by atoms with Crippen LogP contribution in [0.3, 0.4) is 0 Å². The quantitative estimate of drug-likeness (QED) is 0.829. The molecule has 0 spiro atoms. The van der Waals surface area contributed by atoms with Crippen molar-refractivity contribution in [2.45, 2.75) is 53.0 Å². The minimum absolute atomic E-state index is 0.0160. The third-order valence-corrected chi connectivity index (χ3v) is 4.36. The van der Waals surface area contributed by atoms with Gasteiger partial charge in [-0.2, -0.15) is 5.10 Å². The fourth-order valence-electron chi connectivity index (χ4n) is 2.98. The van der Waals surface area contributed by atoms with E-state index in [1.165, 1.54) is 0 Å². The molecule has 140 valence electrons. The molecule has 1 aliphatic heterocycles. The molecule has 0 bridgehead atoms. The van der Waals surface area contributed by atoms with Gasteiger partial charge in [0.05, 0.1) is 11.9 Å². The molecule has 0 saturated carbocycles. The largest absolute Gasteiger partial charge is 0.338 e. The number of carbonyl (C=O) groups is 2. The number of anilines is 1. The third kappa shape index (κ3) is 6.07. The Morgan fingerprint density at radius 2 is 2.08 bits per heavy atom. The zero-order chi connectivity index (χ0) is 18.4. The highest BCUT2D eigenvalue weighted by Gasteiger charge is 2.25. The summed E-state index contributed by atoms with van der Waals surface area (Å²) in [7, 11) is 0. The van der Waals surface area contributed by atoms with Gasteiger partial charge in [-0.1, -0.05) is 13.8 Å². The van der Waals surface area contributed by atoms with Crippen LogP contribution in [0.25, 0.3) is 0 Å². The number of urea groups is 1. The smallest absolute Gasteiger partial charge is 0.317 e. The van der Waals surface area contributed by atoms with Crippen LogP contribution in [0.2, 0.25) is 0 Å². The fourth-order valence-corrected chi connectivity index (χ4v) is 2.98. The van der Waals surface area contributed by atoms with Crippen molar-refractivity contribution in [3.8, 4) is 0 Å². The molecule has 7 nitrogen and oxygen atoms in total. The topological polar surface area (TPSA) is 79.3 Å². The molecule has 1 aromatic rings. The first-order chi connectivity index (χ1) is 11.8. The fraction of sp³-hybridized carbons (Fsp3) is 0.722. The van der Waals surface area contributed by atoms with Gasteiger partial charge in [0, 0.05) is 38.3 Å². The molecule has 1 saturated heterocycles. The number of hydrogen-bond acceptors (Lipinski definition) is 3. The Morgan fingerprint density at radius 3 is 2.72 bits per heavy atom. The van der Waals surface area contributed by atoms with E-state index in [4.69, 9.17) is 0 Å². The predicted octanol–water partition coefficient (Wildman–Crippen LogP) is 2.87. The number of rotatable bonds is 6. The molecule has 1 atom stereocenters. The number of nitrogens with one attached hydrogen (secondary N) is 2. The minimum atomic E-state index is -0.0167. The maximum atomic E-state index is 12.3. The van der Waals surface area contributed by atoms with Crippen molar-refractivity contribution in [3.63, 3.8) is 0 Å². The first-order valence-electron chi connectivity index (χ1n) is 9.22. The van der Waals surface area contributed by atoms with E-state index in [0.29, 0.717) is 25.4 Å². The van der Waals surface area contributed by atoms with Crippen molar-refractivity contribution < 1.29 is 9.59 Å². The van der Waals surface area contributed by atoms with Gasteiger partial charge in [0.15, 0.2) is 0 Å². The summed E-state index contributed by atoms with van der Waals surface area (Å²) < 4.78 is 1.82. The lowest BCUT2D eigenvalue weighted by molar-refractivity contribution is -0.117. The van der Waals surface area contributed by atoms with Crippen LogP contribution in [0.15, 0.2) is 12.4 Å². The molecular formula is C18H31N5O2. The lowest BCUT2D eigenvalue weighted by Crippen LogP contribution is -2.46. The summed E-state index contributed by atoms with van der Waals surface area (Å²) in [6.07, 6.45) is 5.87. The van der Waals surface area contributed by atoms with Gasteiger partial charge < -0.3 is 15.5 Å². The second kappa shape index (κ2) is 8.87. The Morgan fingerprint density at radius 1 is 1.32 bits per heavy atom. The Hall–Kier alpha value is -2.05. The van der Waals surface area contributed by atoms with Crippen LogP contribution < -0.4 is 10.6 Å². The summed E-state index contributed by atoms with van der Waals surface area (Å²) in [5.74, 6) is 0.624. The predicted molar refractivity (Wildman–Crippen MR) is 98.4 cm³/mol. The SMILES string of the molecule is CC(C)CNC(=O)N1CCC[C@H](CC(=O)Nc2cnn(C(C)C)c2)C1. The second-order valence-electron chi connectivity index (χ2n) is 7.59. The van der Waals surface area contributed by atoms with Crippen LogP contribution in [0.5, 0.6) is 0 Å². The summed E-state index contributed by atoms with van der Waals surface area (Å²) in [5.41, 5.74) is 0.723. The standard InChI is InChI=1S/C18H31N5O2/c1-13(2)9-19-18(25)22-7-5-6-15(11-22)8-17(24)21-16-10-20-23(12-16)14(3)4/h10,12-15H,5-9,11H2,1-4H3,(H,19,25)(H,21,24)/t15-/m1/s1. The van der Waals surface area contributed by atoms with Crippen LogP contribution >= 0.6 is 0 Å². The Balaban J connectivity index is 1.80. The van der Waals surface area contributed by atoms with Crippen LogP contribution in [0.1, 0.15) is 53.0 Å². The number of nitrogens with zero attached hydrogens (tertiary/aromatic N) is 3. The molecule has 1 fully saturated rings. The minimum Gasteiger partial charge on any atom is -0.338 e. The lowest BCUT2D eigenvalue weighted by Gasteiger charge is -2.32. The van der Waals surface area contributed by atoms with Crippen LogP contribution in [0.4, 0.5) is 10.5 Å². The molecule has 1 aliphatic rings. The third-order valence-electron chi connectivity index (χ3n) is 4.36. The number of aromatic nitrogens is 2. The average molecular weight is 349 g/mol.